The van der Waals surface area contributed by atoms with E-state index in [1.807, 2.05) is 30.3 Å². The lowest BCUT2D eigenvalue weighted by Gasteiger charge is -2.17. The van der Waals surface area contributed by atoms with Gasteiger partial charge in [0.2, 0.25) is 0 Å². The molecule has 0 amide bonds. The molecule has 1 aromatic heterocycles. The van der Waals surface area contributed by atoms with Crippen molar-refractivity contribution in [1.82, 2.24) is 4.98 Å². The van der Waals surface area contributed by atoms with Gasteiger partial charge in [-0.3, -0.25) is 4.98 Å². The molecule has 2 heterocycles. The molecule has 0 saturated carbocycles. The molecule has 0 aliphatic carbocycles. The molecular formula is C27H22Cl2N4O3. The number of nitrogens with zero attached hydrogens (tertiary/aromatic N) is 2. The Kier molecular flexibility index (Phi) is 7.01. The van der Waals surface area contributed by atoms with Crippen LogP contribution in [-0.4, -0.2) is 24.3 Å². The predicted octanol–water partition coefficient (Wildman–Crippen LogP) is 6.49. The maximum atomic E-state index is 9.71. The van der Waals surface area contributed by atoms with Gasteiger partial charge in [-0.15, -0.1) is 0 Å². The van der Waals surface area contributed by atoms with Crippen molar-refractivity contribution >= 4 is 51.2 Å². The zero-order chi connectivity index (χ0) is 25.1. The van der Waals surface area contributed by atoms with Gasteiger partial charge >= 0.3 is 0 Å². The fourth-order valence-electron chi connectivity index (χ4n) is 3.97. The second-order valence-corrected chi connectivity index (χ2v) is 9.20. The number of nitrogens with two attached hydrogens (primary N) is 1. The van der Waals surface area contributed by atoms with Gasteiger partial charge < -0.3 is 25.3 Å². The van der Waals surface area contributed by atoms with Crippen molar-refractivity contribution in [2.45, 2.75) is 19.1 Å². The molecule has 1 unspecified atom stereocenters. The lowest BCUT2D eigenvalue weighted by molar-refractivity contribution is 0.142. The summed E-state index contributed by atoms with van der Waals surface area (Å²) in [4.78, 5) is 4.44. The van der Waals surface area contributed by atoms with E-state index in [-0.39, 0.29) is 6.10 Å². The van der Waals surface area contributed by atoms with Crippen molar-refractivity contribution in [3.05, 3.63) is 82.0 Å². The fraction of sp³-hybridized carbons (Fsp3) is 0.185. The first-order valence-electron chi connectivity index (χ1n) is 11.3. The molecule has 0 radical (unpaired) electrons. The summed E-state index contributed by atoms with van der Waals surface area (Å²) < 4.78 is 17.2. The highest BCUT2D eigenvalue weighted by atomic mass is 35.5. The number of hydrogen-bond acceptors (Lipinski definition) is 7. The largest absolute Gasteiger partial charge is 0.487 e. The fourth-order valence-corrected chi connectivity index (χ4v) is 4.42. The van der Waals surface area contributed by atoms with Crippen molar-refractivity contribution in [2.75, 3.05) is 24.3 Å². The summed E-state index contributed by atoms with van der Waals surface area (Å²) in [6, 6.07) is 18.5. The number of nitrogens with one attached hydrogen (secondary N) is 1. The molecule has 3 N–H and O–H groups in total. The van der Waals surface area contributed by atoms with Gasteiger partial charge in [0, 0.05) is 34.8 Å². The molecule has 1 saturated heterocycles. The number of benzene rings is 3. The van der Waals surface area contributed by atoms with E-state index >= 15 is 0 Å². The molecule has 1 aliphatic heterocycles. The number of hydrogen-bond donors (Lipinski definition) is 2. The molecule has 9 heteroatoms. The Morgan fingerprint density at radius 3 is 2.78 bits per heavy atom. The first-order valence-corrected chi connectivity index (χ1v) is 12.1. The van der Waals surface area contributed by atoms with E-state index in [0.29, 0.717) is 74.9 Å². The summed E-state index contributed by atoms with van der Waals surface area (Å²) in [7, 11) is 0. The summed E-state index contributed by atoms with van der Waals surface area (Å²) in [5, 5.41) is 14.8. The lowest BCUT2D eigenvalue weighted by atomic mass is 10.1. The summed E-state index contributed by atoms with van der Waals surface area (Å²) in [6.45, 7) is 1.53. The van der Waals surface area contributed by atoms with Crippen LogP contribution in [0.25, 0.3) is 10.9 Å². The van der Waals surface area contributed by atoms with Crippen LogP contribution < -0.4 is 20.5 Å². The summed E-state index contributed by atoms with van der Waals surface area (Å²) in [6.07, 6.45) is 2.29. The molecule has 7 nitrogen and oxygen atoms in total. The van der Waals surface area contributed by atoms with Crippen LogP contribution in [0.3, 0.4) is 0 Å². The van der Waals surface area contributed by atoms with Gasteiger partial charge in [0.1, 0.15) is 30.3 Å². The first kappa shape index (κ1) is 24.0. The van der Waals surface area contributed by atoms with Gasteiger partial charge in [-0.1, -0.05) is 35.3 Å². The van der Waals surface area contributed by atoms with Crippen molar-refractivity contribution in [1.29, 1.82) is 5.26 Å². The van der Waals surface area contributed by atoms with E-state index < -0.39 is 0 Å². The van der Waals surface area contributed by atoms with Crippen LogP contribution in [0.2, 0.25) is 10.0 Å². The first-order chi connectivity index (χ1) is 17.5. The SMILES string of the molecule is N#Cc1cnc2cc(OC3CCOC3)c(N)cc2c1Nc1ccc(OCc2cccc(Cl)c2)c(Cl)c1. The van der Waals surface area contributed by atoms with Crippen LogP contribution in [0.5, 0.6) is 11.5 Å². The number of fused-ring (bicyclic) bond motifs is 1. The predicted molar refractivity (Wildman–Crippen MR) is 141 cm³/mol. The second-order valence-electron chi connectivity index (χ2n) is 8.36. The maximum absolute atomic E-state index is 9.71. The minimum Gasteiger partial charge on any atom is -0.487 e. The molecular weight excluding hydrogens is 499 g/mol. The maximum Gasteiger partial charge on any atom is 0.144 e. The van der Waals surface area contributed by atoms with Crippen LogP contribution >= 0.6 is 23.2 Å². The van der Waals surface area contributed by atoms with Gasteiger partial charge in [0.05, 0.1) is 40.7 Å². The Bertz CT molecular complexity index is 1470. The standard InChI is InChI=1S/C27H22Cl2N4O3/c28-18-3-1-2-16(8-18)14-35-25-5-4-19(9-22(25)29)33-27-17(12-30)13-32-24-11-26(23(31)10-21(24)27)36-20-6-7-34-15-20/h1-5,8-11,13,20H,6-7,14-15,31H2,(H,32,33). The third-order valence-electron chi connectivity index (χ3n) is 5.79. The number of nitriles is 1. The zero-order valence-corrected chi connectivity index (χ0v) is 20.6. The third-order valence-corrected chi connectivity index (χ3v) is 6.32. The Hall–Kier alpha value is -3.70. The topological polar surface area (TPSA) is 102 Å². The minimum absolute atomic E-state index is 0.0394. The van der Waals surface area contributed by atoms with E-state index in [4.69, 9.17) is 43.1 Å². The Morgan fingerprint density at radius 2 is 2.03 bits per heavy atom. The van der Waals surface area contributed by atoms with Crippen LogP contribution in [0, 0.1) is 11.3 Å². The average Bonchev–Trinajstić information content (AvgIpc) is 3.38. The van der Waals surface area contributed by atoms with Crippen molar-refractivity contribution in [3.8, 4) is 17.6 Å². The van der Waals surface area contributed by atoms with Crippen molar-refractivity contribution in [2.24, 2.45) is 0 Å². The third kappa shape index (κ3) is 5.26. The summed E-state index contributed by atoms with van der Waals surface area (Å²) >= 11 is 12.5. The van der Waals surface area contributed by atoms with E-state index in [9.17, 15) is 5.26 Å². The number of aromatic nitrogens is 1. The van der Waals surface area contributed by atoms with Crippen LogP contribution in [-0.2, 0) is 11.3 Å². The minimum atomic E-state index is -0.0394. The second kappa shape index (κ2) is 10.5. The molecule has 3 aromatic carbocycles. The quantitative estimate of drug-likeness (QED) is 0.268. The average molecular weight is 521 g/mol. The highest BCUT2D eigenvalue weighted by molar-refractivity contribution is 6.32. The van der Waals surface area contributed by atoms with Crippen LogP contribution in [0.1, 0.15) is 17.5 Å². The highest BCUT2D eigenvalue weighted by Crippen LogP contribution is 2.37. The van der Waals surface area contributed by atoms with Gasteiger partial charge in [-0.25, -0.2) is 0 Å². The molecule has 0 bridgehead atoms. The molecule has 4 aromatic rings. The Labute approximate surface area is 218 Å². The number of nitrogen functional groups attached to an aromatic ring is 1. The van der Waals surface area contributed by atoms with E-state index in [1.165, 1.54) is 6.20 Å². The molecule has 5 rings (SSSR count). The van der Waals surface area contributed by atoms with E-state index in [1.54, 1.807) is 24.3 Å². The van der Waals surface area contributed by atoms with Crippen LogP contribution in [0.15, 0.2) is 60.8 Å². The number of anilines is 3. The van der Waals surface area contributed by atoms with Gasteiger partial charge in [-0.2, -0.15) is 5.26 Å². The van der Waals surface area contributed by atoms with Gasteiger partial charge in [-0.05, 0) is 42.0 Å². The van der Waals surface area contributed by atoms with E-state index in [0.717, 1.165) is 12.0 Å². The summed E-state index contributed by atoms with van der Waals surface area (Å²) in [5.74, 6) is 1.08. The Balaban J connectivity index is 1.40. The van der Waals surface area contributed by atoms with Crippen molar-refractivity contribution in [3.63, 3.8) is 0 Å². The Morgan fingerprint density at radius 1 is 1.14 bits per heavy atom. The molecule has 0 spiro atoms. The normalized spacial score (nSPS) is 15.0. The molecule has 36 heavy (non-hydrogen) atoms. The van der Waals surface area contributed by atoms with Gasteiger partial charge in [0.25, 0.3) is 0 Å². The van der Waals surface area contributed by atoms with Gasteiger partial charge in [0.15, 0.2) is 0 Å². The number of halogens is 2. The number of ether oxygens (including phenoxy) is 3. The number of pyridine rings is 1. The van der Waals surface area contributed by atoms with Crippen LogP contribution in [0.4, 0.5) is 17.1 Å². The molecule has 1 atom stereocenters. The highest BCUT2D eigenvalue weighted by Gasteiger charge is 2.20. The summed E-state index contributed by atoms with van der Waals surface area (Å²) in [5.41, 5.74) is 9.97. The zero-order valence-electron chi connectivity index (χ0n) is 19.1. The molecule has 182 valence electrons. The smallest absolute Gasteiger partial charge is 0.144 e. The monoisotopic (exact) mass is 520 g/mol. The van der Waals surface area contributed by atoms with E-state index in [2.05, 4.69) is 16.4 Å². The molecule has 1 aliphatic rings. The number of rotatable bonds is 7. The lowest BCUT2D eigenvalue weighted by Crippen LogP contribution is -2.16. The molecule has 1 fully saturated rings. The van der Waals surface area contributed by atoms with Crippen molar-refractivity contribution < 1.29 is 14.2 Å².